The van der Waals surface area contributed by atoms with Gasteiger partial charge in [0.25, 0.3) is 0 Å². The number of aliphatic imine (C=N–C) groups is 2. The maximum atomic E-state index is 4.88. The van der Waals surface area contributed by atoms with Crippen molar-refractivity contribution in [1.29, 1.82) is 0 Å². The molecule has 2 fully saturated rings. The van der Waals surface area contributed by atoms with Gasteiger partial charge in [-0.2, -0.15) is 0 Å². The maximum absolute atomic E-state index is 4.88. The summed E-state index contributed by atoms with van der Waals surface area (Å²) in [6, 6.07) is 0.347. The zero-order valence-electron chi connectivity index (χ0n) is 13.1. The van der Waals surface area contributed by atoms with Crippen LogP contribution in [0.25, 0.3) is 0 Å². The quantitative estimate of drug-likeness (QED) is 0.838. The Balaban J connectivity index is 1.55. The molecule has 0 aromatic rings. The Labute approximate surface area is 136 Å². The molecule has 4 aliphatic rings. The van der Waals surface area contributed by atoms with Crippen molar-refractivity contribution in [1.82, 2.24) is 10.6 Å². The Bertz CT molecular complexity index is 563. The largest absolute Gasteiger partial charge is 0.368 e. The van der Waals surface area contributed by atoms with E-state index >= 15 is 0 Å². The molecule has 1 saturated carbocycles. The number of allylic oxidation sites excluding steroid dienone is 1. The zero-order chi connectivity index (χ0) is 14.9. The van der Waals surface area contributed by atoms with Crippen molar-refractivity contribution in [3.8, 4) is 0 Å². The third-order valence-electron chi connectivity index (χ3n) is 5.03. The van der Waals surface area contributed by atoms with Crippen LogP contribution in [0.3, 0.4) is 0 Å². The molecule has 3 heterocycles. The Morgan fingerprint density at radius 3 is 3.18 bits per heavy atom. The minimum atomic E-state index is 0.347. The minimum Gasteiger partial charge on any atom is -0.368 e. The number of dihydropyridines is 1. The third-order valence-corrected chi connectivity index (χ3v) is 6.59. The first-order chi connectivity index (χ1) is 10.8. The third kappa shape index (κ3) is 2.60. The van der Waals surface area contributed by atoms with Crippen LogP contribution in [0.15, 0.2) is 33.5 Å². The van der Waals surface area contributed by atoms with Crippen LogP contribution in [0, 0.1) is 5.92 Å². The summed E-state index contributed by atoms with van der Waals surface area (Å²) in [5.41, 5.74) is 1.53. The fourth-order valence-corrected chi connectivity index (χ4v) is 5.65. The van der Waals surface area contributed by atoms with Crippen molar-refractivity contribution in [2.24, 2.45) is 15.9 Å². The summed E-state index contributed by atoms with van der Waals surface area (Å²) in [6.07, 6.45) is 12.2. The van der Waals surface area contributed by atoms with Crippen molar-refractivity contribution < 1.29 is 0 Å². The first-order valence-electron chi connectivity index (χ1n) is 8.51. The van der Waals surface area contributed by atoms with Gasteiger partial charge in [0, 0.05) is 30.0 Å². The molecule has 0 spiro atoms. The molecule has 1 aliphatic carbocycles. The summed E-state index contributed by atoms with van der Waals surface area (Å²) in [7, 11) is 0. The topological polar surface area (TPSA) is 48.8 Å². The summed E-state index contributed by atoms with van der Waals surface area (Å²) in [5.74, 6) is 2.99. The number of hydrogen-bond donors (Lipinski definition) is 2. The molecule has 118 valence electrons. The standard InChI is InChI=1S/C17H24N4S/c1-2-14-20-16(19-10-11-6-3-4-9-18-11)15-12-7-5-8-13(12)22-17(15)21-14/h3-4,9,11-13,17,19H,2,5-8,10H2,1H3,(H,20,21). The average Bonchev–Trinajstić information content (AvgIpc) is 3.13. The van der Waals surface area contributed by atoms with E-state index in [1.54, 1.807) is 0 Å². The lowest BCUT2D eigenvalue weighted by Gasteiger charge is -2.27. The summed E-state index contributed by atoms with van der Waals surface area (Å²) in [6.45, 7) is 3.06. The molecule has 3 aliphatic heterocycles. The number of nitrogens with zero attached hydrogens (tertiary/aromatic N) is 2. The van der Waals surface area contributed by atoms with Crippen LogP contribution in [-0.4, -0.2) is 35.3 Å². The van der Waals surface area contributed by atoms with E-state index in [9.17, 15) is 0 Å². The van der Waals surface area contributed by atoms with Gasteiger partial charge in [-0.3, -0.25) is 4.99 Å². The van der Waals surface area contributed by atoms with Crippen LogP contribution >= 0.6 is 11.8 Å². The Morgan fingerprint density at radius 1 is 1.41 bits per heavy atom. The predicted octanol–water partition coefficient (Wildman–Crippen LogP) is 2.84. The highest BCUT2D eigenvalue weighted by Gasteiger charge is 2.45. The summed E-state index contributed by atoms with van der Waals surface area (Å²) >= 11 is 2.12. The number of rotatable bonds is 4. The van der Waals surface area contributed by atoms with E-state index in [0.717, 1.165) is 42.2 Å². The second-order valence-corrected chi connectivity index (χ2v) is 7.80. The van der Waals surface area contributed by atoms with Gasteiger partial charge in [-0.15, -0.1) is 11.8 Å². The molecule has 0 bridgehead atoms. The lowest BCUT2D eigenvalue weighted by Crippen LogP contribution is -2.39. The molecule has 4 atom stereocenters. The molecule has 1 saturated heterocycles. The first-order valence-corrected chi connectivity index (χ1v) is 9.45. The van der Waals surface area contributed by atoms with Crippen molar-refractivity contribution in [2.75, 3.05) is 6.54 Å². The highest BCUT2D eigenvalue weighted by Crippen LogP contribution is 2.51. The second-order valence-electron chi connectivity index (χ2n) is 6.45. The highest BCUT2D eigenvalue weighted by molar-refractivity contribution is 8.01. The van der Waals surface area contributed by atoms with Crippen LogP contribution in [-0.2, 0) is 0 Å². The Morgan fingerprint density at radius 2 is 2.36 bits per heavy atom. The molecule has 0 aromatic heterocycles. The fourth-order valence-electron chi connectivity index (χ4n) is 3.88. The highest BCUT2D eigenvalue weighted by atomic mass is 32.2. The van der Waals surface area contributed by atoms with Gasteiger partial charge in [0.05, 0.1) is 11.4 Å². The molecule has 22 heavy (non-hydrogen) atoms. The summed E-state index contributed by atoms with van der Waals surface area (Å²) in [4.78, 5) is 9.42. The lowest BCUT2D eigenvalue weighted by atomic mass is 9.96. The van der Waals surface area contributed by atoms with E-state index in [1.165, 1.54) is 24.8 Å². The van der Waals surface area contributed by atoms with Gasteiger partial charge in [-0.25, -0.2) is 4.99 Å². The van der Waals surface area contributed by atoms with Crippen LogP contribution < -0.4 is 10.6 Å². The smallest absolute Gasteiger partial charge is 0.130 e. The molecule has 4 nitrogen and oxygen atoms in total. The van der Waals surface area contributed by atoms with Crippen LogP contribution in [0.2, 0.25) is 0 Å². The van der Waals surface area contributed by atoms with E-state index in [0.29, 0.717) is 11.4 Å². The number of hydrogen-bond acceptors (Lipinski definition) is 5. The van der Waals surface area contributed by atoms with Gasteiger partial charge in [-0.1, -0.05) is 19.4 Å². The second kappa shape index (κ2) is 6.11. The van der Waals surface area contributed by atoms with Crippen molar-refractivity contribution in [3.63, 3.8) is 0 Å². The molecular weight excluding hydrogens is 292 g/mol. The fraction of sp³-hybridized carbons (Fsp3) is 0.647. The van der Waals surface area contributed by atoms with E-state index in [1.807, 2.05) is 12.3 Å². The molecule has 4 rings (SSSR count). The number of nitrogens with one attached hydrogen (secondary N) is 2. The van der Waals surface area contributed by atoms with Crippen molar-refractivity contribution in [3.05, 3.63) is 23.5 Å². The van der Waals surface area contributed by atoms with Crippen LogP contribution in [0.5, 0.6) is 0 Å². The SMILES string of the molecule is CCC1=NC(NCC2CC=CC=N2)=C2C(N1)SC1CCCC21. The summed E-state index contributed by atoms with van der Waals surface area (Å²) in [5, 5.41) is 8.51. The maximum Gasteiger partial charge on any atom is 0.130 e. The first kappa shape index (κ1) is 14.4. The van der Waals surface area contributed by atoms with E-state index in [4.69, 9.17) is 4.99 Å². The normalized spacial score (nSPS) is 36.0. The molecule has 0 radical (unpaired) electrons. The van der Waals surface area contributed by atoms with E-state index in [2.05, 4.69) is 40.4 Å². The number of thioether (sulfide) groups is 1. The molecule has 2 N–H and O–H groups in total. The van der Waals surface area contributed by atoms with Gasteiger partial charge >= 0.3 is 0 Å². The zero-order valence-corrected chi connectivity index (χ0v) is 13.9. The Hall–Kier alpha value is -1.23. The average molecular weight is 316 g/mol. The molecular formula is C17H24N4S. The van der Waals surface area contributed by atoms with Gasteiger partial charge < -0.3 is 10.6 Å². The summed E-state index contributed by atoms with van der Waals surface area (Å²) < 4.78 is 0. The predicted molar refractivity (Wildman–Crippen MR) is 94.4 cm³/mol. The molecule has 4 unspecified atom stereocenters. The van der Waals surface area contributed by atoms with Gasteiger partial charge in [0.2, 0.25) is 0 Å². The number of fused-ring (bicyclic) bond motifs is 3. The van der Waals surface area contributed by atoms with Crippen molar-refractivity contribution in [2.45, 2.75) is 55.7 Å². The minimum absolute atomic E-state index is 0.347. The number of amidine groups is 1. The molecule has 0 aromatic carbocycles. The van der Waals surface area contributed by atoms with Gasteiger partial charge in [0.15, 0.2) is 0 Å². The van der Waals surface area contributed by atoms with Crippen LogP contribution in [0.1, 0.15) is 39.0 Å². The molecule has 5 heteroatoms. The van der Waals surface area contributed by atoms with Crippen molar-refractivity contribution >= 4 is 23.8 Å². The Kier molecular flexibility index (Phi) is 3.99. The molecule has 0 amide bonds. The van der Waals surface area contributed by atoms with E-state index in [-0.39, 0.29) is 0 Å². The van der Waals surface area contributed by atoms with Crippen LogP contribution in [0.4, 0.5) is 0 Å². The lowest BCUT2D eigenvalue weighted by molar-refractivity contribution is 0.581. The van der Waals surface area contributed by atoms with Gasteiger partial charge in [-0.05, 0) is 31.3 Å². The van der Waals surface area contributed by atoms with E-state index < -0.39 is 0 Å². The monoisotopic (exact) mass is 316 g/mol. The van der Waals surface area contributed by atoms with Gasteiger partial charge in [0.1, 0.15) is 11.7 Å².